The summed E-state index contributed by atoms with van der Waals surface area (Å²) in [4.78, 5) is 0. The first-order valence-corrected chi connectivity index (χ1v) is 7.31. The van der Waals surface area contributed by atoms with E-state index in [1.54, 1.807) is 7.11 Å². The first-order valence-electron chi connectivity index (χ1n) is 7.31. The molecule has 0 aromatic heterocycles. The van der Waals surface area contributed by atoms with Gasteiger partial charge < -0.3 is 10.5 Å². The van der Waals surface area contributed by atoms with E-state index in [0.717, 1.165) is 12.2 Å². The van der Waals surface area contributed by atoms with E-state index in [0.29, 0.717) is 5.92 Å². The lowest BCUT2D eigenvalue weighted by atomic mass is 9.60. The van der Waals surface area contributed by atoms with Crippen molar-refractivity contribution in [1.82, 2.24) is 0 Å². The van der Waals surface area contributed by atoms with Crippen LogP contribution in [0.4, 0.5) is 0 Å². The Balaban J connectivity index is 2.36. The van der Waals surface area contributed by atoms with E-state index in [4.69, 9.17) is 10.5 Å². The van der Waals surface area contributed by atoms with Gasteiger partial charge in [-0.2, -0.15) is 0 Å². The summed E-state index contributed by atoms with van der Waals surface area (Å²) in [6.45, 7) is 6.94. The summed E-state index contributed by atoms with van der Waals surface area (Å²) in [5.74, 6) is 1.43. The zero-order valence-corrected chi connectivity index (χ0v) is 12.7. The van der Waals surface area contributed by atoms with Gasteiger partial charge in [-0.25, -0.2) is 0 Å². The normalized spacial score (nSPS) is 28.2. The predicted octanol–water partition coefficient (Wildman–Crippen LogP) is 4.09. The number of benzene rings is 1. The van der Waals surface area contributed by atoms with Crippen molar-refractivity contribution in [2.24, 2.45) is 17.1 Å². The molecule has 0 aliphatic heterocycles. The van der Waals surface area contributed by atoms with E-state index in [2.05, 4.69) is 32.9 Å². The van der Waals surface area contributed by atoms with Gasteiger partial charge in [-0.1, -0.05) is 45.7 Å². The molecule has 2 heteroatoms. The van der Waals surface area contributed by atoms with Gasteiger partial charge in [0.1, 0.15) is 5.75 Å². The van der Waals surface area contributed by atoms with Crippen molar-refractivity contribution < 1.29 is 4.74 Å². The SMILES string of the molecule is COc1ccc(C2(N)CCCCC2C(C)(C)C)cc1. The highest BCUT2D eigenvalue weighted by atomic mass is 16.5. The molecule has 0 spiro atoms. The van der Waals surface area contributed by atoms with Crippen LogP contribution in [-0.2, 0) is 5.54 Å². The van der Waals surface area contributed by atoms with Crippen molar-refractivity contribution in [2.75, 3.05) is 7.11 Å². The molecule has 2 N–H and O–H groups in total. The van der Waals surface area contributed by atoms with Crippen LogP contribution < -0.4 is 10.5 Å². The zero-order valence-electron chi connectivity index (χ0n) is 12.7. The average Bonchev–Trinajstić information content (AvgIpc) is 2.38. The molecule has 2 atom stereocenters. The Bertz CT molecular complexity index is 418. The van der Waals surface area contributed by atoms with Gasteiger partial charge in [0.25, 0.3) is 0 Å². The minimum Gasteiger partial charge on any atom is -0.497 e. The highest BCUT2D eigenvalue weighted by Gasteiger charge is 2.44. The predicted molar refractivity (Wildman–Crippen MR) is 80.3 cm³/mol. The topological polar surface area (TPSA) is 35.2 Å². The fourth-order valence-electron chi connectivity index (χ4n) is 3.65. The van der Waals surface area contributed by atoms with E-state index < -0.39 is 0 Å². The molecule has 1 aromatic rings. The second-order valence-electron chi connectivity index (χ2n) is 6.93. The number of rotatable bonds is 2. The lowest BCUT2D eigenvalue weighted by molar-refractivity contribution is 0.0778. The molecule has 0 saturated heterocycles. The van der Waals surface area contributed by atoms with Crippen molar-refractivity contribution in [3.8, 4) is 5.75 Å². The van der Waals surface area contributed by atoms with Crippen LogP contribution in [0.1, 0.15) is 52.0 Å². The lowest BCUT2D eigenvalue weighted by Gasteiger charge is -2.48. The first kappa shape index (κ1) is 14.4. The standard InChI is InChI=1S/C17H27NO/c1-16(2,3)15-7-5-6-12-17(15,18)13-8-10-14(19-4)11-9-13/h8-11,15H,5-7,12,18H2,1-4H3. The van der Waals surface area contributed by atoms with Crippen LogP contribution >= 0.6 is 0 Å². The van der Waals surface area contributed by atoms with Crippen LogP contribution in [0.5, 0.6) is 5.75 Å². The summed E-state index contributed by atoms with van der Waals surface area (Å²) in [6, 6.07) is 8.34. The summed E-state index contributed by atoms with van der Waals surface area (Å²) in [5, 5.41) is 0. The molecular weight excluding hydrogens is 234 g/mol. The largest absolute Gasteiger partial charge is 0.497 e. The van der Waals surface area contributed by atoms with Crippen LogP contribution in [0.2, 0.25) is 0 Å². The number of methoxy groups -OCH3 is 1. The molecule has 2 unspecified atom stereocenters. The second-order valence-corrected chi connectivity index (χ2v) is 6.93. The third-order valence-electron chi connectivity index (χ3n) is 4.63. The van der Waals surface area contributed by atoms with Crippen LogP contribution in [0.25, 0.3) is 0 Å². The number of hydrogen-bond acceptors (Lipinski definition) is 2. The Morgan fingerprint density at radius 3 is 2.32 bits per heavy atom. The van der Waals surface area contributed by atoms with Crippen molar-refractivity contribution in [2.45, 2.75) is 52.0 Å². The van der Waals surface area contributed by atoms with Gasteiger partial charge in [0, 0.05) is 5.54 Å². The highest BCUT2D eigenvalue weighted by molar-refractivity contribution is 5.33. The first-order chi connectivity index (χ1) is 8.88. The average molecular weight is 261 g/mol. The molecule has 1 fully saturated rings. The van der Waals surface area contributed by atoms with Gasteiger partial charge in [0.2, 0.25) is 0 Å². The van der Waals surface area contributed by atoms with Crippen molar-refractivity contribution in [3.63, 3.8) is 0 Å². The minimum absolute atomic E-state index is 0.192. The molecule has 19 heavy (non-hydrogen) atoms. The Labute approximate surface area is 117 Å². The van der Waals surface area contributed by atoms with Gasteiger partial charge in [-0.15, -0.1) is 0 Å². The lowest BCUT2D eigenvalue weighted by Crippen LogP contribution is -2.51. The van der Waals surface area contributed by atoms with E-state index >= 15 is 0 Å². The quantitative estimate of drug-likeness (QED) is 0.870. The summed E-state index contributed by atoms with van der Waals surface area (Å²) >= 11 is 0. The molecule has 106 valence electrons. The van der Waals surface area contributed by atoms with Crippen molar-refractivity contribution in [1.29, 1.82) is 0 Å². The number of hydrogen-bond donors (Lipinski definition) is 1. The molecule has 1 aliphatic carbocycles. The fourth-order valence-corrected chi connectivity index (χ4v) is 3.65. The van der Waals surface area contributed by atoms with Crippen LogP contribution in [-0.4, -0.2) is 7.11 Å². The summed E-state index contributed by atoms with van der Waals surface area (Å²) in [7, 11) is 1.70. The van der Waals surface area contributed by atoms with Crippen LogP contribution in [0.15, 0.2) is 24.3 Å². The van der Waals surface area contributed by atoms with Gasteiger partial charge in [0.05, 0.1) is 7.11 Å². The summed E-state index contributed by atoms with van der Waals surface area (Å²) in [6.07, 6.45) is 4.85. The molecule has 2 rings (SSSR count). The van der Waals surface area contributed by atoms with Gasteiger partial charge in [-0.3, -0.25) is 0 Å². The maximum atomic E-state index is 6.86. The number of nitrogens with two attached hydrogens (primary N) is 1. The van der Waals surface area contributed by atoms with Crippen LogP contribution in [0.3, 0.4) is 0 Å². The molecule has 1 aliphatic rings. The molecular formula is C17H27NO. The van der Waals surface area contributed by atoms with Gasteiger partial charge in [-0.05, 0) is 41.9 Å². The Morgan fingerprint density at radius 2 is 1.79 bits per heavy atom. The van der Waals surface area contributed by atoms with Gasteiger partial charge >= 0.3 is 0 Å². The fraction of sp³-hybridized carbons (Fsp3) is 0.647. The van der Waals surface area contributed by atoms with Crippen molar-refractivity contribution in [3.05, 3.63) is 29.8 Å². The van der Waals surface area contributed by atoms with E-state index in [1.165, 1.54) is 24.8 Å². The van der Waals surface area contributed by atoms with Crippen LogP contribution in [0, 0.1) is 11.3 Å². The second kappa shape index (κ2) is 5.16. The molecule has 0 bridgehead atoms. The summed E-state index contributed by atoms with van der Waals surface area (Å²) in [5.41, 5.74) is 8.17. The Kier molecular flexibility index (Phi) is 3.91. The Morgan fingerprint density at radius 1 is 1.16 bits per heavy atom. The van der Waals surface area contributed by atoms with E-state index in [9.17, 15) is 0 Å². The maximum Gasteiger partial charge on any atom is 0.118 e. The molecule has 2 nitrogen and oxygen atoms in total. The monoisotopic (exact) mass is 261 g/mol. The maximum absolute atomic E-state index is 6.86. The molecule has 0 heterocycles. The molecule has 0 radical (unpaired) electrons. The molecule has 1 saturated carbocycles. The Hall–Kier alpha value is -1.02. The van der Waals surface area contributed by atoms with E-state index in [1.807, 2.05) is 12.1 Å². The number of ether oxygens (including phenoxy) is 1. The molecule has 1 aromatic carbocycles. The third-order valence-corrected chi connectivity index (χ3v) is 4.63. The van der Waals surface area contributed by atoms with Crippen molar-refractivity contribution >= 4 is 0 Å². The minimum atomic E-state index is -0.192. The smallest absolute Gasteiger partial charge is 0.118 e. The van der Waals surface area contributed by atoms with Gasteiger partial charge in [0.15, 0.2) is 0 Å². The molecule has 0 amide bonds. The van der Waals surface area contributed by atoms with E-state index in [-0.39, 0.29) is 11.0 Å². The highest BCUT2D eigenvalue weighted by Crippen LogP contribution is 2.48. The zero-order chi connectivity index (χ0) is 14.1. The summed E-state index contributed by atoms with van der Waals surface area (Å²) < 4.78 is 5.24. The third kappa shape index (κ3) is 2.79.